The molecule has 120 valence electrons. The SMILES string of the molecule is CCN(CC)C(CC)(CC)C(CCc1ccccc1)NN. The number of aryl methyl sites for hydroxylation is 1. The van der Waals surface area contributed by atoms with Gasteiger partial charge in [0, 0.05) is 11.6 Å². The van der Waals surface area contributed by atoms with Gasteiger partial charge in [0.05, 0.1) is 0 Å². The molecule has 0 aliphatic rings. The van der Waals surface area contributed by atoms with Crippen LogP contribution >= 0.6 is 0 Å². The van der Waals surface area contributed by atoms with Crippen LogP contribution < -0.4 is 11.3 Å². The van der Waals surface area contributed by atoms with E-state index < -0.39 is 0 Å². The van der Waals surface area contributed by atoms with Crippen molar-refractivity contribution >= 4 is 0 Å². The van der Waals surface area contributed by atoms with E-state index in [2.05, 4.69) is 68.4 Å². The fourth-order valence-corrected chi connectivity index (χ4v) is 3.73. The van der Waals surface area contributed by atoms with E-state index in [1.807, 2.05) is 0 Å². The lowest BCUT2D eigenvalue weighted by Gasteiger charge is -2.48. The zero-order valence-corrected chi connectivity index (χ0v) is 14.2. The molecule has 0 aliphatic heterocycles. The zero-order valence-electron chi connectivity index (χ0n) is 14.2. The Morgan fingerprint density at radius 2 is 1.62 bits per heavy atom. The number of nitrogens with two attached hydrogens (primary N) is 1. The molecule has 1 aromatic carbocycles. The van der Waals surface area contributed by atoms with Gasteiger partial charge in [-0.15, -0.1) is 0 Å². The van der Waals surface area contributed by atoms with Gasteiger partial charge in [-0.1, -0.05) is 58.0 Å². The molecule has 1 aromatic rings. The Bertz CT molecular complexity index is 369. The number of benzene rings is 1. The van der Waals surface area contributed by atoms with Crippen molar-refractivity contribution in [1.29, 1.82) is 0 Å². The second-order valence-electron chi connectivity index (χ2n) is 5.73. The number of hydrogen-bond acceptors (Lipinski definition) is 3. The van der Waals surface area contributed by atoms with Crippen molar-refractivity contribution in [3.63, 3.8) is 0 Å². The van der Waals surface area contributed by atoms with Crippen molar-refractivity contribution in [2.24, 2.45) is 5.84 Å². The molecule has 1 rings (SSSR count). The van der Waals surface area contributed by atoms with E-state index in [1.165, 1.54) is 5.56 Å². The number of hydrazine groups is 1. The van der Waals surface area contributed by atoms with Gasteiger partial charge in [-0.2, -0.15) is 0 Å². The Morgan fingerprint density at radius 1 is 1.05 bits per heavy atom. The maximum Gasteiger partial charge on any atom is 0.0397 e. The molecule has 0 saturated carbocycles. The first kappa shape index (κ1) is 18.1. The predicted octanol–water partition coefficient (Wildman–Crippen LogP) is 3.35. The molecule has 0 spiro atoms. The summed E-state index contributed by atoms with van der Waals surface area (Å²) in [7, 11) is 0. The molecule has 3 N–H and O–H groups in total. The second-order valence-corrected chi connectivity index (χ2v) is 5.73. The summed E-state index contributed by atoms with van der Waals surface area (Å²) in [5.41, 5.74) is 4.66. The number of likely N-dealkylation sites (N-methyl/N-ethyl adjacent to an activating group) is 1. The number of hydrogen-bond donors (Lipinski definition) is 2. The molecule has 0 aromatic heterocycles. The largest absolute Gasteiger partial charge is 0.297 e. The molecular weight excluding hydrogens is 258 g/mol. The van der Waals surface area contributed by atoms with Crippen LogP contribution in [-0.4, -0.2) is 29.6 Å². The molecule has 21 heavy (non-hydrogen) atoms. The van der Waals surface area contributed by atoms with Crippen LogP contribution in [0.5, 0.6) is 0 Å². The number of rotatable bonds is 10. The van der Waals surface area contributed by atoms with Crippen LogP contribution in [0.2, 0.25) is 0 Å². The third kappa shape index (κ3) is 4.29. The lowest BCUT2D eigenvalue weighted by molar-refractivity contribution is 0.0462. The Hall–Kier alpha value is -0.900. The predicted molar refractivity (Wildman–Crippen MR) is 92.1 cm³/mol. The molecule has 3 heteroatoms. The third-order valence-corrected chi connectivity index (χ3v) is 5.03. The lowest BCUT2D eigenvalue weighted by Crippen LogP contribution is -2.62. The van der Waals surface area contributed by atoms with Crippen molar-refractivity contribution in [3.8, 4) is 0 Å². The molecule has 0 aliphatic carbocycles. The van der Waals surface area contributed by atoms with E-state index in [-0.39, 0.29) is 5.54 Å². The summed E-state index contributed by atoms with van der Waals surface area (Å²) in [5.74, 6) is 5.94. The first-order valence-corrected chi connectivity index (χ1v) is 8.43. The fourth-order valence-electron chi connectivity index (χ4n) is 3.73. The van der Waals surface area contributed by atoms with Gasteiger partial charge in [0.25, 0.3) is 0 Å². The second kappa shape index (κ2) is 9.19. The van der Waals surface area contributed by atoms with E-state index in [1.54, 1.807) is 0 Å². The molecule has 1 unspecified atom stereocenters. The topological polar surface area (TPSA) is 41.3 Å². The highest BCUT2D eigenvalue weighted by Crippen LogP contribution is 2.30. The monoisotopic (exact) mass is 291 g/mol. The minimum Gasteiger partial charge on any atom is -0.297 e. The van der Waals surface area contributed by atoms with Gasteiger partial charge in [-0.3, -0.25) is 16.2 Å². The molecule has 0 bridgehead atoms. The quantitative estimate of drug-likeness (QED) is 0.513. The Kier molecular flexibility index (Phi) is 7.94. The summed E-state index contributed by atoms with van der Waals surface area (Å²) in [6, 6.07) is 11.0. The van der Waals surface area contributed by atoms with E-state index in [9.17, 15) is 0 Å². The minimum absolute atomic E-state index is 0.146. The van der Waals surface area contributed by atoms with Crippen LogP contribution in [0.25, 0.3) is 0 Å². The first-order chi connectivity index (χ1) is 10.2. The molecule has 0 saturated heterocycles. The molecule has 0 heterocycles. The maximum atomic E-state index is 5.94. The van der Waals surface area contributed by atoms with Crippen LogP contribution in [0.3, 0.4) is 0 Å². The highest BCUT2D eigenvalue weighted by atomic mass is 15.3. The van der Waals surface area contributed by atoms with Gasteiger partial charge in [-0.05, 0) is 44.3 Å². The summed E-state index contributed by atoms with van der Waals surface area (Å²) in [6.07, 6.45) is 4.38. The number of nitrogens with one attached hydrogen (secondary N) is 1. The first-order valence-electron chi connectivity index (χ1n) is 8.43. The van der Waals surface area contributed by atoms with Gasteiger partial charge in [0.1, 0.15) is 0 Å². The van der Waals surface area contributed by atoms with Gasteiger partial charge in [-0.25, -0.2) is 0 Å². The average molecular weight is 291 g/mol. The van der Waals surface area contributed by atoms with Crippen LogP contribution in [0.4, 0.5) is 0 Å². The molecule has 0 amide bonds. The van der Waals surface area contributed by atoms with Crippen molar-refractivity contribution in [2.75, 3.05) is 13.1 Å². The van der Waals surface area contributed by atoms with E-state index in [0.29, 0.717) is 6.04 Å². The molecule has 0 fully saturated rings. The van der Waals surface area contributed by atoms with Crippen LogP contribution in [0.1, 0.15) is 52.5 Å². The number of nitrogens with zero attached hydrogens (tertiary/aromatic N) is 1. The average Bonchev–Trinajstić information content (AvgIpc) is 2.55. The summed E-state index contributed by atoms with van der Waals surface area (Å²) in [4.78, 5) is 2.57. The van der Waals surface area contributed by atoms with Crippen molar-refractivity contribution in [1.82, 2.24) is 10.3 Å². The maximum absolute atomic E-state index is 5.94. The van der Waals surface area contributed by atoms with E-state index in [0.717, 1.165) is 38.8 Å². The van der Waals surface area contributed by atoms with Crippen LogP contribution in [0.15, 0.2) is 30.3 Å². The fraction of sp³-hybridized carbons (Fsp3) is 0.667. The molecular formula is C18H33N3. The van der Waals surface area contributed by atoms with Gasteiger partial charge in [0.15, 0.2) is 0 Å². The zero-order chi connectivity index (χ0) is 15.7. The third-order valence-electron chi connectivity index (χ3n) is 5.03. The normalized spacial score (nSPS) is 13.6. The molecule has 0 radical (unpaired) electrons. The Balaban J connectivity index is 2.86. The Morgan fingerprint density at radius 3 is 2.05 bits per heavy atom. The highest BCUT2D eigenvalue weighted by Gasteiger charge is 2.38. The van der Waals surface area contributed by atoms with Crippen molar-refractivity contribution in [2.45, 2.75) is 65.0 Å². The summed E-state index contributed by atoms with van der Waals surface area (Å²) in [5, 5.41) is 0. The van der Waals surface area contributed by atoms with Gasteiger partial charge >= 0.3 is 0 Å². The van der Waals surface area contributed by atoms with Crippen LogP contribution in [0, 0.1) is 0 Å². The van der Waals surface area contributed by atoms with Gasteiger partial charge < -0.3 is 0 Å². The van der Waals surface area contributed by atoms with Crippen molar-refractivity contribution < 1.29 is 0 Å². The van der Waals surface area contributed by atoms with Gasteiger partial charge in [0.2, 0.25) is 0 Å². The van der Waals surface area contributed by atoms with E-state index in [4.69, 9.17) is 5.84 Å². The summed E-state index contributed by atoms with van der Waals surface area (Å²) < 4.78 is 0. The summed E-state index contributed by atoms with van der Waals surface area (Å²) in [6.45, 7) is 11.2. The molecule has 3 nitrogen and oxygen atoms in total. The summed E-state index contributed by atoms with van der Waals surface area (Å²) >= 11 is 0. The minimum atomic E-state index is 0.146. The van der Waals surface area contributed by atoms with Crippen LogP contribution in [-0.2, 0) is 6.42 Å². The Labute approximate surface area is 130 Å². The van der Waals surface area contributed by atoms with E-state index >= 15 is 0 Å². The highest BCUT2D eigenvalue weighted by molar-refractivity contribution is 5.15. The smallest absolute Gasteiger partial charge is 0.0397 e. The standard InChI is InChI=1S/C18H33N3/c1-5-18(6-2,21(7-3)8-4)17(20-19)15-14-16-12-10-9-11-13-16/h9-13,17,20H,5-8,14-15,19H2,1-4H3. The lowest BCUT2D eigenvalue weighted by atomic mass is 9.80. The van der Waals surface area contributed by atoms with Crippen molar-refractivity contribution in [3.05, 3.63) is 35.9 Å². The molecule has 1 atom stereocenters.